The lowest BCUT2D eigenvalue weighted by Gasteiger charge is -2.30. The van der Waals surface area contributed by atoms with Crippen LogP contribution in [0, 0.1) is 13.8 Å². The highest BCUT2D eigenvalue weighted by Gasteiger charge is 2.38. The van der Waals surface area contributed by atoms with Crippen molar-refractivity contribution < 1.29 is 13.2 Å². The summed E-state index contributed by atoms with van der Waals surface area (Å²) in [6, 6.07) is 4.98. The van der Waals surface area contributed by atoms with E-state index in [1.807, 2.05) is 19.9 Å². The number of aryl methyl sites for hydroxylation is 2. The summed E-state index contributed by atoms with van der Waals surface area (Å²) in [5.74, 6) is -0.263. The lowest BCUT2D eigenvalue weighted by Crippen LogP contribution is -2.40. The Labute approximate surface area is 192 Å². The lowest BCUT2D eigenvalue weighted by molar-refractivity contribution is 0.0665. The fourth-order valence-corrected chi connectivity index (χ4v) is 6.63. The van der Waals surface area contributed by atoms with Crippen LogP contribution < -0.4 is 5.56 Å². The van der Waals surface area contributed by atoms with Crippen LogP contribution in [-0.4, -0.2) is 45.7 Å². The molecule has 0 unspecified atom stereocenters. The van der Waals surface area contributed by atoms with Crippen LogP contribution in [0.25, 0.3) is 10.9 Å². The van der Waals surface area contributed by atoms with Crippen LogP contribution in [0.5, 0.6) is 0 Å². The molecule has 0 radical (unpaired) electrons. The quantitative estimate of drug-likeness (QED) is 0.575. The molecule has 1 aromatic carbocycles. The number of amides is 1. The second kappa shape index (κ2) is 8.13. The predicted octanol–water partition coefficient (Wildman–Crippen LogP) is 3.39. The Morgan fingerprint density at radius 1 is 1.12 bits per heavy atom. The molecule has 33 heavy (non-hydrogen) atoms. The molecule has 2 aliphatic carbocycles. The average molecular weight is 469 g/mol. The molecular formula is C24H28N4O4S. The van der Waals surface area contributed by atoms with Gasteiger partial charge in [-0.05, 0) is 63.3 Å². The van der Waals surface area contributed by atoms with E-state index in [2.05, 4.69) is 15.2 Å². The molecule has 2 fully saturated rings. The molecule has 0 saturated heterocycles. The number of rotatable bonds is 6. The molecule has 174 valence electrons. The number of carbonyl (C=O) groups excluding carboxylic acids is 1. The van der Waals surface area contributed by atoms with Crippen molar-refractivity contribution in [3.63, 3.8) is 0 Å². The van der Waals surface area contributed by atoms with Crippen molar-refractivity contribution in [3.05, 3.63) is 57.1 Å². The van der Waals surface area contributed by atoms with Gasteiger partial charge in [0.1, 0.15) is 0 Å². The molecule has 9 heteroatoms. The summed E-state index contributed by atoms with van der Waals surface area (Å²) in [6.45, 7) is 3.90. The second-order valence-electron chi connectivity index (χ2n) is 9.36. The Bertz CT molecular complexity index is 1400. The third-order valence-electron chi connectivity index (χ3n) is 6.90. The van der Waals surface area contributed by atoms with E-state index in [1.165, 1.54) is 6.07 Å². The zero-order chi connectivity index (χ0) is 23.3. The average Bonchev–Trinajstić information content (AvgIpc) is 3.29. The Morgan fingerprint density at radius 3 is 2.52 bits per heavy atom. The van der Waals surface area contributed by atoms with Crippen molar-refractivity contribution in [2.45, 2.75) is 75.1 Å². The minimum Gasteiger partial charge on any atom is -0.331 e. The summed E-state index contributed by atoms with van der Waals surface area (Å²) in [5.41, 5.74) is 2.82. The molecular weight excluding hydrogens is 440 g/mol. The number of nitrogens with zero attached hydrogens (tertiary/aromatic N) is 2. The summed E-state index contributed by atoms with van der Waals surface area (Å²) in [4.78, 5) is 31.5. The Hall–Kier alpha value is -2.94. The Kier molecular flexibility index (Phi) is 5.39. The lowest BCUT2D eigenvalue weighted by atomic mass is 10.0. The van der Waals surface area contributed by atoms with Crippen molar-refractivity contribution in [2.75, 3.05) is 0 Å². The second-order valence-corrected chi connectivity index (χ2v) is 11.6. The van der Waals surface area contributed by atoms with Gasteiger partial charge in [0, 0.05) is 22.7 Å². The van der Waals surface area contributed by atoms with Crippen LogP contribution in [-0.2, 0) is 16.4 Å². The number of aromatic nitrogens is 3. The number of carbonyl (C=O) groups is 1. The van der Waals surface area contributed by atoms with E-state index in [9.17, 15) is 18.0 Å². The molecule has 2 aromatic heterocycles. The van der Waals surface area contributed by atoms with Crippen LogP contribution in [0.2, 0.25) is 0 Å². The van der Waals surface area contributed by atoms with Crippen molar-refractivity contribution in [1.82, 2.24) is 20.1 Å². The molecule has 2 heterocycles. The third kappa shape index (κ3) is 3.99. The van der Waals surface area contributed by atoms with Crippen molar-refractivity contribution >= 4 is 26.6 Å². The zero-order valence-corrected chi connectivity index (χ0v) is 19.7. The van der Waals surface area contributed by atoms with Crippen molar-refractivity contribution in [3.8, 4) is 0 Å². The first-order valence-corrected chi connectivity index (χ1v) is 13.0. The minimum absolute atomic E-state index is 0.00301. The van der Waals surface area contributed by atoms with Gasteiger partial charge in [-0.1, -0.05) is 12.8 Å². The number of nitrogens with one attached hydrogen (secondary N) is 2. The van der Waals surface area contributed by atoms with E-state index >= 15 is 0 Å². The maximum absolute atomic E-state index is 14.0. The normalized spacial score (nSPS) is 17.0. The summed E-state index contributed by atoms with van der Waals surface area (Å²) in [5, 5.41) is 7.11. The topological polar surface area (TPSA) is 116 Å². The molecule has 0 aliphatic heterocycles. The zero-order valence-electron chi connectivity index (χ0n) is 18.8. The maximum Gasteiger partial charge on any atom is 0.255 e. The number of hydrogen-bond acceptors (Lipinski definition) is 5. The van der Waals surface area contributed by atoms with Gasteiger partial charge in [0.05, 0.1) is 34.0 Å². The minimum atomic E-state index is -3.49. The molecule has 2 aliphatic rings. The number of aromatic amines is 2. The van der Waals surface area contributed by atoms with Crippen LogP contribution in [0.1, 0.15) is 65.7 Å². The van der Waals surface area contributed by atoms with E-state index in [-0.39, 0.29) is 34.2 Å². The predicted molar refractivity (Wildman–Crippen MR) is 125 cm³/mol. The van der Waals surface area contributed by atoms with Crippen LogP contribution in [0.15, 0.2) is 34.1 Å². The largest absolute Gasteiger partial charge is 0.331 e. The van der Waals surface area contributed by atoms with E-state index < -0.39 is 9.84 Å². The molecule has 2 N–H and O–H groups in total. The van der Waals surface area contributed by atoms with Gasteiger partial charge in [-0.25, -0.2) is 8.42 Å². The van der Waals surface area contributed by atoms with Gasteiger partial charge in [0.15, 0.2) is 9.84 Å². The fraction of sp³-hybridized carbons (Fsp3) is 0.458. The van der Waals surface area contributed by atoms with Crippen molar-refractivity contribution in [1.29, 1.82) is 0 Å². The van der Waals surface area contributed by atoms with Gasteiger partial charge in [0.25, 0.3) is 11.5 Å². The van der Waals surface area contributed by atoms with Crippen LogP contribution in [0.3, 0.4) is 0 Å². The fourth-order valence-electron chi connectivity index (χ4n) is 4.92. The van der Waals surface area contributed by atoms with E-state index in [1.54, 1.807) is 17.2 Å². The third-order valence-corrected chi connectivity index (χ3v) is 9.14. The SMILES string of the molecule is Cc1cc(C)c(CN(C(=O)c2cc(S(=O)(=O)C3CC3)cc3[nH]ncc23)C2CCCC2)c(=O)[nH]1. The smallest absolute Gasteiger partial charge is 0.255 e. The van der Waals surface area contributed by atoms with Gasteiger partial charge in [-0.2, -0.15) is 5.10 Å². The van der Waals surface area contributed by atoms with Crippen LogP contribution in [0.4, 0.5) is 0 Å². The highest BCUT2D eigenvalue weighted by molar-refractivity contribution is 7.92. The number of sulfone groups is 1. The van der Waals surface area contributed by atoms with E-state index in [0.29, 0.717) is 34.9 Å². The summed E-state index contributed by atoms with van der Waals surface area (Å²) >= 11 is 0. The molecule has 2 saturated carbocycles. The number of hydrogen-bond donors (Lipinski definition) is 2. The molecule has 0 spiro atoms. The Morgan fingerprint density at radius 2 is 1.85 bits per heavy atom. The van der Waals surface area contributed by atoms with Gasteiger partial charge in [0.2, 0.25) is 0 Å². The molecule has 0 atom stereocenters. The summed E-state index contributed by atoms with van der Waals surface area (Å²) in [6.07, 6.45) is 6.63. The monoisotopic (exact) mass is 468 g/mol. The van der Waals surface area contributed by atoms with Gasteiger partial charge >= 0.3 is 0 Å². The number of fused-ring (bicyclic) bond motifs is 1. The van der Waals surface area contributed by atoms with Gasteiger partial charge in [-0.15, -0.1) is 0 Å². The van der Waals surface area contributed by atoms with Crippen LogP contribution >= 0.6 is 0 Å². The van der Waals surface area contributed by atoms with E-state index in [4.69, 9.17) is 0 Å². The molecule has 3 aromatic rings. The van der Waals surface area contributed by atoms with Gasteiger partial charge in [-0.3, -0.25) is 14.7 Å². The van der Waals surface area contributed by atoms with Gasteiger partial charge < -0.3 is 9.88 Å². The highest BCUT2D eigenvalue weighted by atomic mass is 32.2. The number of H-pyrrole nitrogens is 2. The number of benzene rings is 1. The first kappa shape index (κ1) is 21.9. The molecule has 8 nitrogen and oxygen atoms in total. The summed E-state index contributed by atoms with van der Waals surface area (Å²) < 4.78 is 25.9. The first-order chi connectivity index (χ1) is 15.8. The van der Waals surface area contributed by atoms with Crippen molar-refractivity contribution in [2.24, 2.45) is 0 Å². The Balaban J connectivity index is 1.60. The number of pyridine rings is 1. The first-order valence-electron chi connectivity index (χ1n) is 11.5. The highest BCUT2D eigenvalue weighted by Crippen LogP contribution is 2.36. The summed E-state index contributed by atoms with van der Waals surface area (Å²) in [7, 11) is -3.49. The maximum atomic E-state index is 14.0. The standard InChI is InChI=1S/C24H28N4O4S/c1-14-9-15(2)26-23(29)21(14)13-28(16-5-3-4-6-16)24(30)19-10-18(33(31,32)17-7-8-17)11-22-20(19)12-25-27-22/h9-12,16-17H,3-8,13H2,1-2H3,(H,25,27)(H,26,29). The van der Waals surface area contributed by atoms with E-state index in [0.717, 1.165) is 36.9 Å². The molecule has 0 bridgehead atoms. The molecule has 1 amide bonds. The molecule has 5 rings (SSSR count).